The summed E-state index contributed by atoms with van der Waals surface area (Å²) in [6, 6.07) is 14.9. The van der Waals surface area contributed by atoms with Crippen molar-refractivity contribution in [2.24, 2.45) is 0 Å². The van der Waals surface area contributed by atoms with Gasteiger partial charge in [-0.25, -0.2) is 8.42 Å². The zero-order chi connectivity index (χ0) is 17.2. The second-order valence-electron chi connectivity index (χ2n) is 5.00. The minimum Gasteiger partial charge on any atom is -0.403 e. The lowest BCUT2D eigenvalue weighted by Gasteiger charge is -2.06. The van der Waals surface area contributed by atoms with Crippen LogP contribution >= 0.6 is 0 Å². The topological polar surface area (TPSA) is 102 Å². The smallest absolute Gasteiger partial charge is 0.322 e. The number of rotatable bonds is 4. The maximum atomic E-state index is 12.3. The van der Waals surface area contributed by atoms with Crippen molar-refractivity contribution < 1.29 is 17.6 Å². The first-order valence-corrected chi connectivity index (χ1v) is 8.83. The first-order valence-electron chi connectivity index (χ1n) is 6.94. The normalized spacial score (nSPS) is 11.2. The number of amides is 1. The van der Waals surface area contributed by atoms with Gasteiger partial charge in [-0.3, -0.25) is 10.1 Å². The molecule has 0 aliphatic heterocycles. The van der Waals surface area contributed by atoms with Gasteiger partial charge in [0.1, 0.15) is 0 Å². The Kier molecular flexibility index (Phi) is 4.13. The SMILES string of the molecule is CS(=O)(=O)c1ccccc1C(=O)Nc1nnc(-c2ccccc2)o1. The quantitative estimate of drug-likeness (QED) is 0.780. The predicted octanol–water partition coefficient (Wildman–Crippen LogP) is 2.39. The third kappa shape index (κ3) is 3.33. The highest BCUT2D eigenvalue weighted by Gasteiger charge is 2.20. The van der Waals surface area contributed by atoms with Crippen molar-refractivity contribution in [1.82, 2.24) is 10.2 Å². The number of benzene rings is 2. The molecule has 0 aliphatic rings. The molecule has 1 aromatic heterocycles. The summed E-state index contributed by atoms with van der Waals surface area (Å²) in [7, 11) is -3.54. The van der Waals surface area contributed by atoms with Gasteiger partial charge in [0.2, 0.25) is 5.89 Å². The third-order valence-electron chi connectivity index (χ3n) is 3.20. The molecule has 0 bridgehead atoms. The van der Waals surface area contributed by atoms with E-state index in [0.29, 0.717) is 5.56 Å². The van der Waals surface area contributed by atoms with Gasteiger partial charge >= 0.3 is 6.01 Å². The summed E-state index contributed by atoms with van der Waals surface area (Å²) in [5, 5.41) is 10.0. The molecule has 0 saturated carbocycles. The molecule has 0 spiro atoms. The number of sulfone groups is 1. The molecule has 2 aromatic carbocycles. The van der Waals surface area contributed by atoms with E-state index in [4.69, 9.17) is 4.42 Å². The van der Waals surface area contributed by atoms with E-state index in [1.807, 2.05) is 18.2 Å². The van der Waals surface area contributed by atoms with Crippen LogP contribution in [0.15, 0.2) is 63.9 Å². The average Bonchev–Trinajstić information content (AvgIpc) is 3.03. The Morgan fingerprint density at radius 1 is 1.00 bits per heavy atom. The number of anilines is 1. The molecule has 1 heterocycles. The predicted molar refractivity (Wildman–Crippen MR) is 87.2 cm³/mol. The van der Waals surface area contributed by atoms with Crippen molar-refractivity contribution in [2.45, 2.75) is 4.90 Å². The van der Waals surface area contributed by atoms with Crippen LogP contribution in [-0.4, -0.2) is 30.8 Å². The van der Waals surface area contributed by atoms with Gasteiger partial charge in [-0.15, -0.1) is 5.10 Å². The zero-order valence-corrected chi connectivity index (χ0v) is 13.4. The van der Waals surface area contributed by atoms with Crippen molar-refractivity contribution >= 4 is 21.8 Å². The first kappa shape index (κ1) is 15.9. The largest absolute Gasteiger partial charge is 0.403 e. The number of nitrogens with zero attached hydrogens (tertiary/aromatic N) is 2. The summed E-state index contributed by atoms with van der Waals surface area (Å²) in [6.07, 6.45) is 1.04. The van der Waals surface area contributed by atoms with Crippen LogP contribution in [0.4, 0.5) is 6.01 Å². The summed E-state index contributed by atoms with van der Waals surface area (Å²) < 4.78 is 28.9. The number of carbonyl (C=O) groups excluding carboxylic acids is 1. The Bertz CT molecular complexity index is 981. The second-order valence-corrected chi connectivity index (χ2v) is 6.98. The molecule has 0 fully saturated rings. The third-order valence-corrected chi connectivity index (χ3v) is 4.35. The van der Waals surface area contributed by atoms with Gasteiger partial charge < -0.3 is 4.42 Å². The van der Waals surface area contributed by atoms with Crippen molar-refractivity contribution in [1.29, 1.82) is 0 Å². The molecule has 0 aliphatic carbocycles. The molecule has 1 amide bonds. The van der Waals surface area contributed by atoms with Gasteiger partial charge in [0, 0.05) is 11.8 Å². The molecule has 3 rings (SSSR count). The van der Waals surface area contributed by atoms with Gasteiger partial charge in [-0.05, 0) is 24.3 Å². The van der Waals surface area contributed by atoms with E-state index in [-0.39, 0.29) is 22.4 Å². The van der Waals surface area contributed by atoms with E-state index < -0.39 is 15.7 Å². The maximum Gasteiger partial charge on any atom is 0.322 e. The Labute approximate surface area is 138 Å². The van der Waals surface area contributed by atoms with Crippen molar-refractivity contribution in [3.8, 4) is 11.5 Å². The monoisotopic (exact) mass is 343 g/mol. The molecule has 0 atom stereocenters. The number of aromatic nitrogens is 2. The molecule has 3 aromatic rings. The lowest BCUT2D eigenvalue weighted by atomic mass is 10.2. The van der Waals surface area contributed by atoms with Crippen molar-refractivity contribution in [3.05, 3.63) is 60.2 Å². The zero-order valence-electron chi connectivity index (χ0n) is 12.6. The fraction of sp³-hybridized carbons (Fsp3) is 0.0625. The van der Waals surface area contributed by atoms with Crippen molar-refractivity contribution in [2.75, 3.05) is 11.6 Å². The molecule has 0 radical (unpaired) electrons. The summed E-state index contributed by atoms with van der Waals surface area (Å²) in [4.78, 5) is 12.3. The molecule has 24 heavy (non-hydrogen) atoms. The summed E-state index contributed by atoms with van der Waals surface area (Å²) >= 11 is 0. The Morgan fingerprint density at radius 2 is 1.67 bits per heavy atom. The summed E-state index contributed by atoms with van der Waals surface area (Å²) in [5.74, 6) is -0.387. The molecular weight excluding hydrogens is 330 g/mol. The van der Waals surface area contributed by atoms with Crippen LogP contribution in [0.3, 0.4) is 0 Å². The van der Waals surface area contributed by atoms with Gasteiger partial charge in [-0.2, -0.15) is 0 Å². The van der Waals surface area contributed by atoms with E-state index in [0.717, 1.165) is 6.26 Å². The standard InChI is InChI=1S/C16H13N3O4S/c1-24(21,22)13-10-6-5-9-12(13)14(20)17-16-19-18-15(23-16)11-7-3-2-4-8-11/h2-10H,1H3,(H,17,19,20). The van der Waals surface area contributed by atoms with Crippen LogP contribution in [0.1, 0.15) is 10.4 Å². The van der Waals surface area contributed by atoms with Crippen LogP contribution in [-0.2, 0) is 9.84 Å². The van der Waals surface area contributed by atoms with Crippen LogP contribution in [0.25, 0.3) is 11.5 Å². The average molecular weight is 343 g/mol. The Balaban J connectivity index is 1.86. The van der Waals surface area contributed by atoms with Gasteiger partial charge in [0.05, 0.1) is 10.5 Å². The number of hydrogen-bond acceptors (Lipinski definition) is 6. The highest BCUT2D eigenvalue weighted by Crippen LogP contribution is 2.21. The van der Waals surface area contributed by atoms with Crippen LogP contribution in [0.5, 0.6) is 0 Å². The number of hydrogen-bond donors (Lipinski definition) is 1. The van der Waals surface area contributed by atoms with E-state index in [9.17, 15) is 13.2 Å². The van der Waals surface area contributed by atoms with Gasteiger partial charge in [0.25, 0.3) is 5.91 Å². The highest BCUT2D eigenvalue weighted by atomic mass is 32.2. The Morgan fingerprint density at radius 3 is 2.38 bits per heavy atom. The van der Waals surface area contributed by atoms with Crippen LogP contribution in [0, 0.1) is 0 Å². The molecule has 8 heteroatoms. The molecule has 0 saturated heterocycles. The molecular formula is C16H13N3O4S. The number of nitrogens with one attached hydrogen (secondary N) is 1. The molecule has 1 N–H and O–H groups in total. The van der Waals surface area contributed by atoms with E-state index >= 15 is 0 Å². The number of carbonyl (C=O) groups is 1. The first-order chi connectivity index (χ1) is 11.4. The molecule has 7 nitrogen and oxygen atoms in total. The summed E-state index contributed by atoms with van der Waals surface area (Å²) in [6.45, 7) is 0. The fourth-order valence-corrected chi connectivity index (χ4v) is 3.00. The molecule has 0 unspecified atom stereocenters. The molecule has 122 valence electrons. The maximum absolute atomic E-state index is 12.3. The van der Waals surface area contributed by atoms with Crippen molar-refractivity contribution in [3.63, 3.8) is 0 Å². The second kappa shape index (κ2) is 6.25. The van der Waals surface area contributed by atoms with Crippen LogP contribution < -0.4 is 5.32 Å². The van der Waals surface area contributed by atoms with E-state index in [1.54, 1.807) is 24.3 Å². The minimum atomic E-state index is -3.54. The van der Waals surface area contributed by atoms with Crippen LogP contribution in [0.2, 0.25) is 0 Å². The lowest BCUT2D eigenvalue weighted by molar-refractivity contribution is 0.102. The minimum absolute atomic E-state index is 0.0134. The lowest BCUT2D eigenvalue weighted by Crippen LogP contribution is -2.16. The summed E-state index contributed by atoms with van der Waals surface area (Å²) in [5.41, 5.74) is 0.724. The van der Waals surface area contributed by atoms with Gasteiger partial charge in [0.15, 0.2) is 9.84 Å². The fourth-order valence-electron chi connectivity index (χ4n) is 2.11. The van der Waals surface area contributed by atoms with Gasteiger partial charge in [-0.1, -0.05) is 35.4 Å². The Hall–Kier alpha value is -3.00. The van der Waals surface area contributed by atoms with E-state index in [2.05, 4.69) is 15.5 Å². The van der Waals surface area contributed by atoms with E-state index in [1.165, 1.54) is 12.1 Å². The highest BCUT2D eigenvalue weighted by molar-refractivity contribution is 7.90.